The first-order chi connectivity index (χ1) is 13.7. The molecule has 1 aromatic carbocycles. The third-order valence-electron chi connectivity index (χ3n) is 4.60. The van der Waals surface area contributed by atoms with Crippen molar-refractivity contribution in [3.05, 3.63) is 53.2 Å². The first kappa shape index (κ1) is 22.9. The fourth-order valence-electron chi connectivity index (χ4n) is 2.68. The third kappa shape index (κ3) is 6.86. The molecule has 0 aliphatic carbocycles. The number of rotatable bonds is 10. The Morgan fingerprint density at radius 2 is 1.97 bits per heavy atom. The third-order valence-corrected chi connectivity index (χ3v) is 4.60. The summed E-state index contributed by atoms with van der Waals surface area (Å²) in [5, 5.41) is 2.67. The van der Waals surface area contributed by atoms with Crippen molar-refractivity contribution in [3.8, 4) is 0 Å². The number of carbonyl (C=O) groups is 1. The zero-order chi connectivity index (χ0) is 21.4. The highest BCUT2D eigenvalue weighted by Gasteiger charge is 2.30. The van der Waals surface area contributed by atoms with E-state index in [1.807, 2.05) is 18.7 Å². The van der Waals surface area contributed by atoms with Gasteiger partial charge in [0.1, 0.15) is 6.26 Å². The minimum Gasteiger partial charge on any atom is -0.447 e. The highest BCUT2D eigenvalue weighted by molar-refractivity contribution is 5.91. The number of nitrogens with one attached hydrogen (secondary N) is 1. The summed E-state index contributed by atoms with van der Waals surface area (Å²) in [6.07, 6.45) is -2.22. The predicted octanol–water partition coefficient (Wildman–Crippen LogP) is 3.87. The number of oxazole rings is 1. The van der Waals surface area contributed by atoms with Crippen molar-refractivity contribution < 1.29 is 27.1 Å². The number of amides is 1. The molecule has 0 spiro atoms. The van der Waals surface area contributed by atoms with Crippen LogP contribution in [0.25, 0.3) is 0 Å². The van der Waals surface area contributed by atoms with Gasteiger partial charge in [-0.2, -0.15) is 13.2 Å². The van der Waals surface area contributed by atoms with Gasteiger partial charge < -0.3 is 14.5 Å². The van der Waals surface area contributed by atoms with Gasteiger partial charge in [0, 0.05) is 26.2 Å². The topological polar surface area (TPSA) is 67.6 Å². The number of aromatic nitrogens is 1. The molecule has 2 rings (SSSR count). The van der Waals surface area contributed by atoms with Gasteiger partial charge in [-0.3, -0.25) is 9.69 Å². The molecule has 0 aliphatic rings. The fourth-order valence-corrected chi connectivity index (χ4v) is 2.68. The normalized spacial score (nSPS) is 12.9. The quantitative estimate of drug-likeness (QED) is 0.599. The van der Waals surface area contributed by atoms with Crippen molar-refractivity contribution in [1.82, 2.24) is 15.2 Å². The summed E-state index contributed by atoms with van der Waals surface area (Å²) in [5.41, 5.74) is 0.255. The van der Waals surface area contributed by atoms with E-state index in [1.54, 1.807) is 7.11 Å². The van der Waals surface area contributed by atoms with Crippen molar-refractivity contribution in [3.63, 3.8) is 0 Å². The van der Waals surface area contributed by atoms with E-state index in [0.29, 0.717) is 32.1 Å². The first-order valence-corrected chi connectivity index (χ1v) is 9.36. The summed E-state index contributed by atoms with van der Waals surface area (Å²) in [7, 11) is 1.54. The second kappa shape index (κ2) is 10.4. The summed E-state index contributed by atoms with van der Waals surface area (Å²) in [6, 6.07) is 5.25. The van der Waals surface area contributed by atoms with Gasteiger partial charge in [0.25, 0.3) is 5.91 Å². The van der Waals surface area contributed by atoms with E-state index in [2.05, 4.69) is 10.3 Å². The second-order valence-electron chi connectivity index (χ2n) is 6.73. The lowest BCUT2D eigenvalue weighted by Gasteiger charge is -2.27. The molecule has 9 heteroatoms. The lowest BCUT2D eigenvalue weighted by atomic mass is 10.1. The number of hydrogen-bond donors (Lipinski definition) is 1. The molecule has 1 atom stereocenters. The summed E-state index contributed by atoms with van der Waals surface area (Å²) in [4.78, 5) is 18.3. The molecule has 160 valence electrons. The predicted molar refractivity (Wildman–Crippen MR) is 101 cm³/mol. The van der Waals surface area contributed by atoms with E-state index in [4.69, 9.17) is 9.15 Å². The molecule has 29 heavy (non-hydrogen) atoms. The summed E-state index contributed by atoms with van der Waals surface area (Å²) in [5.74, 6) is 0.0176. The van der Waals surface area contributed by atoms with Crippen LogP contribution in [0.5, 0.6) is 0 Å². The lowest BCUT2D eigenvalue weighted by Crippen LogP contribution is -2.32. The van der Waals surface area contributed by atoms with E-state index < -0.39 is 11.7 Å². The van der Waals surface area contributed by atoms with Gasteiger partial charge in [-0.1, -0.05) is 19.1 Å². The van der Waals surface area contributed by atoms with Crippen molar-refractivity contribution in [1.29, 1.82) is 0 Å². The number of ether oxygens (including phenoxy) is 1. The van der Waals surface area contributed by atoms with Gasteiger partial charge in [0.15, 0.2) is 5.69 Å². The molecule has 2 aromatic rings. The maximum Gasteiger partial charge on any atom is 0.416 e. The molecule has 1 N–H and O–H groups in total. The van der Waals surface area contributed by atoms with Crippen LogP contribution in [0.4, 0.5) is 13.2 Å². The summed E-state index contributed by atoms with van der Waals surface area (Å²) >= 11 is 0. The van der Waals surface area contributed by atoms with Crippen LogP contribution >= 0.6 is 0 Å². The van der Waals surface area contributed by atoms with Gasteiger partial charge in [-0.25, -0.2) is 4.98 Å². The van der Waals surface area contributed by atoms with Crippen molar-refractivity contribution in [2.45, 2.75) is 45.6 Å². The molecule has 1 amide bonds. The minimum atomic E-state index is -4.35. The number of benzene rings is 1. The van der Waals surface area contributed by atoms with Gasteiger partial charge in [0.2, 0.25) is 5.89 Å². The Bertz CT molecular complexity index is 775. The van der Waals surface area contributed by atoms with Crippen LogP contribution in [0.2, 0.25) is 0 Å². The molecule has 0 fully saturated rings. The molecular formula is C20H26F3N3O3. The smallest absolute Gasteiger partial charge is 0.416 e. The van der Waals surface area contributed by atoms with Crippen LogP contribution in [-0.2, 0) is 24.0 Å². The van der Waals surface area contributed by atoms with Crippen LogP contribution in [0.3, 0.4) is 0 Å². The van der Waals surface area contributed by atoms with Crippen LogP contribution in [0, 0.1) is 0 Å². The van der Waals surface area contributed by atoms with Gasteiger partial charge in [-0.05, 0) is 31.0 Å². The van der Waals surface area contributed by atoms with Crippen LogP contribution in [0.15, 0.2) is 34.9 Å². The molecular weight excluding hydrogens is 387 g/mol. The van der Waals surface area contributed by atoms with E-state index >= 15 is 0 Å². The molecule has 6 nitrogen and oxygen atoms in total. The van der Waals surface area contributed by atoms with Crippen molar-refractivity contribution in [2.75, 3.05) is 20.3 Å². The number of alkyl halides is 3. The number of nitrogens with zero attached hydrogens (tertiary/aromatic N) is 2. The largest absolute Gasteiger partial charge is 0.447 e. The van der Waals surface area contributed by atoms with E-state index in [1.165, 1.54) is 18.4 Å². The molecule has 1 unspecified atom stereocenters. The Morgan fingerprint density at radius 3 is 2.55 bits per heavy atom. The van der Waals surface area contributed by atoms with E-state index in [9.17, 15) is 18.0 Å². The maximum atomic E-state index is 12.7. The number of methoxy groups -OCH3 is 1. The molecule has 1 aromatic heterocycles. The van der Waals surface area contributed by atoms with E-state index in [-0.39, 0.29) is 17.6 Å². The molecule has 0 aliphatic heterocycles. The Morgan fingerprint density at radius 1 is 1.28 bits per heavy atom. The maximum absolute atomic E-state index is 12.7. The second-order valence-corrected chi connectivity index (χ2v) is 6.73. The average Bonchev–Trinajstić information content (AvgIpc) is 3.15. The molecule has 1 heterocycles. The van der Waals surface area contributed by atoms with Crippen molar-refractivity contribution in [2.24, 2.45) is 0 Å². The number of hydrogen-bond acceptors (Lipinski definition) is 5. The molecule has 0 saturated carbocycles. The minimum absolute atomic E-state index is 0.142. The zero-order valence-electron chi connectivity index (χ0n) is 16.8. The molecule has 0 bridgehead atoms. The average molecular weight is 413 g/mol. The number of halogens is 3. The summed E-state index contributed by atoms with van der Waals surface area (Å²) < 4.78 is 48.5. The zero-order valence-corrected chi connectivity index (χ0v) is 16.8. The Balaban J connectivity index is 2.05. The Hall–Kier alpha value is -2.39. The lowest BCUT2D eigenvalue weighted by molar-refractivity contribution is -0.137. The standard InChI is InChI=1S/C20H26F3N3O3/c1-4-14(2)26(11-15-5-7-16(8-6-15)20(21,22)23)12-18-25-17(13-29-18)19(27)24-9-10-28-3/h5-8,13-14H,4,9-12H2,1-3H3,(H,24,27). The van der Waals surface area contributed by atoms with E-state index in [0.717, 1.165) is 24.1 Å². The van der Waals surface area contributed by atoms with Crippen LogP contribution in [0.1, 0.15) is 47.8 Å². The monoisotopic (exact) mass is 413 g/mol. The van der Waals surface area contributed by atoms with Crippen molar-refractivity contribution >= 4 is 5.91 Å². The summed E-state index contributed by atoms with van der Waals surface area (Å²) in [6.45, 7) is 5.57. The van der Waals surface area contributed by atoms with Crippen LogP contribution < -0.4 is 5.32 Å². The van der Waals surface area contributed by atoms with Gasteiger partial charge in [0.05, 0.1) is 18.7 Å². The molecule has 0 saturated heterocycles. The van der Waals surface area contributed by atoms with Gasteiger partial charge >= 0.3 is 6.18 Å². The first-order valence-electron chi connectivity index (χ1n) is 9.36. The Labute approximate surface area is 168 Å². The fraction of sp³-hybridized carbons (Fsp3) is 0.500. The van der Waals surface area contributed by atoms with Crippen LogP contribution in [-0.4, -0.2) is 42.1 Å². The van der Waals surface area contributed by atoms with Gasteiger partial charge in [-0.15, -0.1) is 0 Å². The Kier molecular flexibility index (Phi) is 8.21. The highest BCUT2D eigenvalue weighted by atomic mass is 19.4. The number of carbonyl (C=O) groups excluding carboxylic acids is 1. The highest BCUT2D eigenvalue weighted by Crippen LogP contribution is 2.29. The molecule has 0 radical (unpaired) electrons. The SMILES string of the molecule is CCC(C)N(Cc1ccc(C(F)(F)F)cc1)Cc1nc(C(=O)NCCOC)co1.